The van der Waals surface area contributed by atoms with Gasteiger partial charge < -0.3 is 11.1 Å². The molecule has 0 radical (unpaired) electrons. The van der Waals surface area contributed by atoms with Gasteiger partial charge in [0.25, 0.3) is 0 Å². The molecule has 1 heterocycles. The van der Waals surface area contributed by atoms with Crippen LogP contribution in [0.3, 0.4) is 0 Å². The summed E-state index contributed by atoms with van der Waals surface area (Å²) in [7, 11) is 0. The monoisotopic (exact) mass is 241 g/mol. The Labute approximate surface area is 106 Å². The zero-order valence-corrected chi connectivity index (χ0v) is 10.1. The van der Waals surface area contributed by atoms with Gasteiger partial charge in [-0.3, -0.25) is 9.78 Å². The minimum atomic E-state index is -0.521. The Morgan fingerprint density at radius 3 is 2.72 bits per heavy atom. The van der Waals surface area contributed by atoms with Crippen LogP contribution in [0.1, 0.15) is 6.92 Å². The molecule has 0 saturated heterocycles. The van der Waals surface area contributed by atoms with E-state index in [0.29, 0.717) is 0 Å². The second-order valence-corrected chi connectivity index (χ2v) is 4.10. The predicted octanol–water partition coefficient (Wildman–Crippen LogP) is 2.03. The van der Waals surface area contributed by atoms with Crippen molar-refractivity contribution in [2.75, 3.05) is 5.32 Å². The fraction of sp³-hybridized carbons (Fsp3) is 0.143. The van der Waals surface area contributed by atoms with Crippen LogP contribution >= 0.6 is 0 Å². The van der Waals surface area contributed by atoms with Crippen molar-refractivity contribution in [3.8, 4) is 11.1 Å². The first-order valence-corrected chi connectivity index (χ1v) is 5.74. The van der Waals surface area contributed by atoms with E-state index in [-0.39, 0.29) is 5.91 Å². The van der Waals surface area contributed by atoms with Crippen LogP contribution in [0.4, 0.5) is 5.69 Å². The quantitative estimate of drug-likeness (QED) is 0.864. The van der Waals surface area contributed by atoms with Gasteiger partial charge in [0.2, 0.25) is 5.91 Å². The van der Waals surface area contributed by atoms with E-state index in [1.54, 1.807) is 19.3 Å². The standard InChI is InChI=1S/C14H15N3O/c1-10(15)14(18)17-13-6-2-4-11(8-13)12-5-3-7-16-9-12/h2-10H,15H2,1H3,(H,17,18). The van der Waals surface area contributed by atoms with E-state index in [4.69, 9.17) is 5.73 Å². The zero-order chi connectivity index (χ0) is 13.0. The molecular weight excluding hydrogens is 226 g/mol. The number of carbonyl (C=O) groups excluding carboxylic acids is 1. The molecule has 0 bridgehead atoms. The van der Waals surface area contributed by atoms with Crippen molar-refractivity contribution in [3.63, 3.8) is 0 Å². The second-order valence-electron chi connectivity index (χ2n) is 4.10. The molecule has 92 valence electrons. The minimum absolute atomic E-state index is 0.196. The molecule has 0 aliphatic rings. The molecule has 0 spiro atoms. The lowest BCUT2D eigenvalue weighted by Gasteiger charge is -2.09. The molecule has 0 aliphatic heterocycles. The first kappa shape index (κ1) is 12.3. The summed E-state index contributed by atoms with van der Waals surface area (Å²) < 4.78 is 0. The van der Waals surface area contributed by atoms with Gasteiger partial charge >= 0.3 is 0 Å². The molecule has 4 nitrogen and oxygen atoms in total. The van der Waals surface area contributed by atoms with Crippen LogP contribution in [-0.2, 0) is 4.79 Å². The highest BCUT2D eigenvalue weighted by molar-refractivity contribution is 5.94. The number of carbonyl (C=O) groups is 1. The van der Waals surface area contributed by atoms with Crippen molar-refractivity contribution in [3.05, 3.63) is 48.8 Å². The van der Waals surface area contributed by atoms with Gasteiger partial charge in [0, 0.05) is 23.6 Å². The van der Waals surface area contributed by atoms with E-state index in [1.165, 1.54) is 0 Å². The van der Waals surface area contributed by atoms with Crippen molar-refractivity contribution in [1.29, 1.82) is 0 Å². The first-order chi connectivity index (χ1) is 8.66. The van der Waals surface area contributed by atoms with Gasteiger partial charge in [-0.1, -0.05) is 18.2 Å². The molecule has 4 heteroatoms. The van der Waals surface area contributed by atoms with Gasteiger partial charge in [-0.25, -0.2) is 0 Å². The van der Waals surface area contributed by atoms with Crippen molar-refractivity contribution < 1.29 is 4.79 Å². The van der Waals surface area contributed by atoms with E-state index in [9.17, 15) is 4.79 Å². The lowest BCUT2D eigenvalue weighted by Crippen LogP contribution is -2.32. The molecule has 2 rings (SSSR count). The van der Waals surface area contributed by atoms with Crippen molar-refractivity contribution in [2.45, 2.75) is 13.0 Å². The number of anilines is 1. The summed E-state index contributed by atoms with van der Waals surface area (Å²) >= 11 is 0. The van der Waals surface area contributed by atoms with Crippen LogP contribution in [0.2, 0.25) is 0 Å². The third-order valence-electron chi connectivity index (χ3n) is 2.54. The lowest BCUT2D eigenvalue weighted by atomic mass is 10.1. The molecule has 0 aliphatic carbocycles. The van der Waals surface area contributed by atoms with Gasteiger partial charge in [-0.2, -0.15) is 0 Å². The maximum atomic E-state index is 11.5. The van der Waals surface area contributed by atoms with E-state index in [2.05, 4.69) is 10.3 Å². The zero-order valence-electron chi connectivity index (χ0n) is 10.1. The second kappa shape index (κ2) is 5.42. The van der Waals surface area contributed by atoms with Crippen molar-refractivity contribution >= 4 is 11.6 Å². The summed E-state index contributed by atoms with van der Waals surface area (Å²) in [6.45, 7) is 1.65. The topological polar surface area (TPSA) is 68.0 Å². The molecule has 1 amide bonds. The van der Waals surface area contributed by atoms with Crippen LogP contribution in [0.15, 0.2) is 48.8 Å². The van der Waals surface area contributed by atoms with Gasteiger partial charge in [0.15, 0.2) is 0 Å². The number of nitrogens with zero attached hydrogens (tertiary/aromatic N) is 1. The average molecular weight is 241 g/mol. The van der Waals surface area contributed by atoms with Crippen molar-refractivity contribution in [1.82, 2.24) is 4.98 Å². The number of benzene rings is 1. The Kier molecular flexibility index (Phi) is 3.69. The molecular formula is C14H15N3O. The highest BCUT2D eigenvalue weighted by Gasteiger charge is 2.07. The van der Waals surface area contributed by atoms with Gasteiger partial charge in [0.1, 0.15) is 0 Å². The van der Waals surface area contributed by atoms with E-state index >= 15 is 0 Å². The summed E-state index contributed by atoms with van der Waals surface area (Å²) in [5, 5.41) is 2.77. The Hall–Kier alpha value is -2.20. The highest BCUT2D eigenvalue weighted by Crippen LogP contribution is 2.21. The SMILES string of the molecule is CC(N)C(=O)Nc1cccc(-c2cccnc2)c1. The summed E-state index contributed by atoms with van der Waals surface area (Å²) in [4.78, 5) is 15.6. The number of nitrogens with one attached hydrogen (secondary N) is 1. The maximum absolute atomic E-state index is 11.5. The highest BCUT2D eigenvalue weighted by atomic mass is 16.2. The van der Waals surface area contributed by atoms with Gasteiger partial charge in [-0.05, 0) is 30.7 Å². The Bertz CT molecular complexity index is 538. The Balaban J connectivity index is 2.23. The van der Waals surface area contributed by atoms with Crippen molar-refractivity contribution in [2.24, 2.45) is 5.73 Å². The van der Waals surface area contributed by atoms with E-state index in [1.807, 2.05) is 36.4 Å². The number of hydrogen-bond acceptors (Lipinski definition) is 3. The maximum Gasteiger partial charge on any atom is 0.240 e. The average Bonchev–Trinajstić information content (AvgIpc) is 2.40. The number of aromatic nitrogens is 1. The number of nitrogens with two attached hydrogens (primary N) is 1. The summed E-state index contributed by atoms with van der Waals surface area (Å²) in [5.41, 5.74) is 8.26. The predicted molar refractivity (Wildman–Crippen MR) is 72.0 cm³/mol. The Morgan fingerprint density at radius 1 is 1.28 bits per heavy atom. The van der Waals surface area contributed by atoms with Crippen LogP contribution < -0.4 is 11.1 Å². The minimum Gasteiger partial charge on any atom is -0.325 e. The number of amides is 1. The fourth-order valence-electron chi connectivity index (χ4n) is 1.57. The lowest BCUT2D eigenvalue weighted by molar-refractivity contribution is -0.117. The third-order valence-corrected chi connectivity index (χ3v) is 2.54. The van der Waals surface area contributed by atoms with E-state index in [0.717, 1.165) is 16.8 Å². The van der Waals surface area contributed by atoms with Crippen LogP contribution in [-0.4, -0.2) is 16.9 Å². The first-order valence-electron chi connectivity index (χ1n) is 5.74. The molecule has 2 aromatic rings. The summed E-state index contributed by atoms with van der Waals surface area (Å²) in [6.07, 6.45) is 3.51. The Morgan fingerprint density at radius 2 is 2.06 bits per heavy atom. The molecule has 3 N–H and O–H groups in total. The molecule has 0 fully saturated rings. The summed E-state index contributed by atoms with van der Waals surface area (Å²) in [6, 6.07) is 10.9. The smallest absolute Gasteiger partial charge is 0.240 e. The van der Waals surface area contributed by atoms with Gasteiger partial charge in [0.05, 0.1) is 6.04 Å². The number of rotatable bonds is 3. The van der Waals surface area contributed by atoms with E-state index < -0.39 is 6.04 Å². The van der Waals surface area contributed by atoms with Crippen LogP contribution in [0.5, 0.6) is 0 Å². The third kappa shape index (κ3) is 2.93. The van der Waals surface area contributed by atoms with Gasteiger partial charge in [-0.15, -0.1) is 0 Å². The summed E-state index contributed by atoms with van der Waals surface area (Å²) in [5.74, 6) is -0.196. The fourth-order valence-corrected chi connectivity index (χ4v) is 1.57. The molecule has 1 aromatic carbocycles. The largest absolute Gasteiger partial charge is 0.325 e. The number of pyridine rings is 1. The normalized spacial score (nSPS) is 11.9. The molecule has 18 heavy (non-hydrogen) atoms. The number of hydrogen-bond donors (Lipinski definition) is 2. The van der Waals surface area contributed by atoms with Crippen LogP contribution in [0.25, 0.3) is 11.1 Å². The molecule has 1 atom stereocenters. The molecule has 1 aromatic heterocycles. The molecule has 0 saturated carbocycles. The van der Waals surface area contributed by atoms with Crippen LogP contribution in [0, 0.1) is 0 Å². The molecule has 1 unspecified atom stereocenters.